The summed E-state index contributed by atoms with van der Waals surface area (Å²) in [4.78, 5) is 24.0. The molecule has 0 aliphatic carbocycles. The fourth-order valence-corrected chi connectivity index (χ4v) is 3.03. The van der Waals surface area contributed by atoms with Crippen LogP contribution < -0.4 is 10.6 Å². The molecule has 0 aromatic heterocycles. The van der Waals surface area contributed by atoms with E-state index in [2.05, 4.69) is 10.6 Å². The number of rotatable bonds is 10. The predicted molar refractivity (Wildman–Crippen MR) is 101 cm³/mol. The average Bonchev–Trinajstić information content (AvgIpc) is 2.97. The zero-order chi connectivity index (χ0) is 19.0. The Morgan fingerprint density at radius 2 is 1.22 bits per heavy atom. The highest BCUT2D eigenvalue weighted by atomic mass is 16.5. The fourth-order valence-electron chi connectivity index (χ4n) is 3.03. The molecule has 2 aromatic rings. The molecule has 2 N–H and O–H groups in total. The first-order valence-electron chi connectivity index (χ1n) is 9.05. The van der Waals surface area contributed by atoms with Crippen molar-refractivity contribution in [3.05, 3.63) is 71.8 Å². The number of carbonyl (C=O) groups is 2. The summed E-state index contributed by atoms with van der Waals surface area (Å²) in [5.41, 5.74) is 1.15. The lowest BCUT2D eigenvalue weighted by molar-refractivity contribution is -0.125. The second kappa shape index (κ2) is 9.30. The van der Waals surface area contributed by atoms with Crippen molar-refractivity contribution in [1.82, 2.24) is 10.6 Å². The minimum absolute atomic E-state index is 0.320. The molecule has 3 rings (SSSR count). The van der Waals surface area contributed by atoms with E-state index in [1.54, 1.807) is 0 Å². The Hall–Kier alpha value is -2.70. The van der Waals surface area contributed by atoms with Crippen molar-refractivity contribution in [3.63, 3.8) is 0 Å². The van der Waals surface area contributed by atoms with Crippen LogP contribution in [0, 0.1) is 0 Å². The first-order chi connectivity index (χ1) is 13.2. The van der Waals surface area contributed by atoms with Crippen molar-refractivity contribution in [2.24, 2.45) is 0 Å². The van der Waals surface area contributed by atoms with Gasteiger partial charge in [-0.05, 0) is 11.1 Å². The summed E-state index contributed by atoms with van der Waals surface area (Å²) >= 11 is 0. The van der Waals surface area contributed by atoms with Gasteiger partial charge in [-0.1, -0.05) is 60.7 Å². The number of imide groups is 1. The Morgan fingerprint density at radius 3 is 1.63 bits per heavy atom. The topological polar surface area (TPSA) is 76.7 Å². The summed E-state index contributed by atoms with van der Waals surface area (Å²) in [6, 6.07) is 19.2. The van der Waals surface area contributed by atoms with E-state index >= 15 is 0 Å². The van der Waals surface area contributed by atoms with Gasteiger partial charge in [-0.2, -0.15) is 0 Å². The van der Waals surface area contributed by atoms with Gasteiger partial charge in [-0.15, -0.1) is 0 Å². The molecule has 1 saturated heterocycles. The lowest BCUT2D eigenvalue weighted by Gasteiger charge is -2.25. The van der Waals surface area contributed by atoms with Gasteiger partial charge >= 0.3 is 6.03 Å². The summed E-state index contributed by atoms with van der Waals surface area (Å²) in [5.74, 6) is -0.320. The van der Waals surface area contributed by atoms with Gasteiger partial charge in [-0.3, -0.25) is 10.1 Å². The predicted octanol–water partition coefficient (Wildman–Crippen LogP) is 2.78. The van der Waals surface area contributed by atoms with Crippen LogP contribution in [0.15, 0.2) is 60.7 Å². The minimum atomic E-state index is -0.982. The van der Waals surface area contributed by atoms with Crippen molar-refractivity contribution in [1.29, 1.82) is 0 Å². The number of hydrogen-bond donors (Lipinski definition) is 2. The Balaban J connectivity index is 1.48. The molecule has 1 aliphatic heterocycles. The van der Waals surface area contributed by atoms with Gasteiger partial charge in [0.15, 0.2) is 0 Å². The zero-order valence-corrected chi connectivity index (χ0v) is 15.1. The van der Waals surface area contributed by atoms with Crippen LogP contribution in [-0.2, 0) is 27.5 Å². The quantitative estimate of drug-likeness (QED) is 0.499. The second-order valence-electron chi connectivity index (χ2n) is 6.57. The third kappa shape index (κ3) is 5.39. The lowest BCUT2D eigenvalue weighted by Crippen LogP contribution is -2.48. The Kier molecular flexibility index (Phi) is 6.57. The number of ether oxygens (including phenoxy) is 2. The van der Waals surface area contributed by atoms with Crippen LogP contribution in [0.5, 0.6) is 0 Å². The van der Waals surface area contributed by atoms with E-state index in [1.807, 2.05) is 60.7 Å². The fraction of sp³-hybridized carbons (Fsp3) is 0.333. The molecule has 3 amide bonds. The van der Waals surface area contributed by atoms with Crippen molar-refractivity contribution < 1.29 is 19.1 Å². The third-order valence-corrected chi connectivity index (χ3v) is 4.58. The molecular weight excluding hydrogens is 344 g/mol. The molecule has 0 bridgehead atoms. The van der Waals surface area contributed by atoms with E-state index in [4.69, 9.17) is 9.47 Å². The van der Waals surface area contributed by atoms with Crippen molar-refractivity contribution in [2.45, 2.75) is 31.6 Å². The summed E-state index contributed by atoms with van der Waals surface area (Å²) in [6.45, 7) is 1.66. The minimum Gasteiger partial charge on any atom is -0.377 e. The van der Waals surface area contributed by atoms with Crippen LogP contribution >= 0.6 is 0 Å². The average molecular weight is 368 g/mol. The molecule has 142 valence electrons. The molecule has 6 heteroatoms. The van der Waals surface area contributed by atoms with Crippen LogP contribution in [-0.4, -0.2) is 30.7 Å². The highest BCUT2D eigenvalue weighted by molar-refractivity contribution is 6.07. The first kappa shape index (κ1) is 19.1. The van der Waals surface area contributed by atoms with E-state index in [0.29, 0.717) is 39.3 Å². The van der Waals surface area contributed by atoms with Gasteiger partial charge in [0, 0.05) is 26.1 Å². The summed E-state index contributed by atoms with van der Waals surface area (Å²) in [6.07, 6.45) is 0.790. The van der Waals surface area contributed by atoms with E-state index in [-0.39, 0.29) is 5.91 Å². The van der Waals surface area contributed by atoms with E-state index < -0.39 is 11.6 Å². The Morgan fingerprint density at radius 1 is 0.741 bits per heavy atom. The van der Waals surface area contributed by atoms with Crippen molar-refractivity contribution in [3.8, 4) is 0 Å². The molecule has 1 heterocycles. The Bertz CT molecular complexity index is 702. The number of carbonyl (C=O) groups excluding carboxylic acids is 2. The lowest BCUT2D eigenvalue weighted by atomic mass is 9.92. The van der Waals surface area contributed by atoms with Crippen LogP contribution in [0.3, 0.4) is 0 Å². The molecule has 0 unspecified atom stereocenters. The molecule has 0 spiro atoms. The number of hydrogen-bond acceptors (Lipinski definition) is 4. The highest BCUT2D eigenvalue weighted by Crippen LogP contribution is 2.21. The number of benzene rings is 2. The number of nitrogens with one attached hydrogen (secondary N) is 2. The normalized spacial score (nSPS) is 15.4. The van der Waals surface area contributed by atoms with E-state index in [9.17, 15) is 9.59 Å². The maximum absolute atomic E-state index is 12.3. The molecule has 1 fully saturated rings. The van der Waals surface area contributed by atoms with Crippen LogP contribution in [0.1, 0.15) is 24.0 Å². The van der Waals surface area contributed by atoms with Gasteiger partial charge in [0.2, 0.25) is 0 Å². The monoisotopic (exact) mass is 368 g/mol. The van der Waals surface area contributed by atoms with Gasteiger partial charge in [0.25, 0.3) is 5.91 Å². The van der Waals surface area contributed by atoms with Crippen LogP contribution in [0.25, 0.3) is 0 Å². The summed E-state index contributed by atoms with van der Waals surface area (Å²) in [5, 5.41) is 5.08. The molecule has 0 radical (unpaired) electrons. The van der Waals surface area contributed by atoms with Gasteiger partial charge in [0.05, 0.1) is 13.2 Å². The molecule has 0 atom stereocenters. The van der Waals surface area contributed by atoms with Gasteiger partial charge in [-0.25, -0.2) is 4.79 Å². The maximum Gasteiger partial charge on any atom is 0.322 e. The van der Waals surface area contributed by atoms with Crippen molar-refractivity contribution in [2.75, 3.05) is 13.2 Å². The number of amides is 3. The number of urea groups is 1. The largest absolute Gasteiger partial charge is 0.377 e. The molecule has 27 heavy (non-hydrogen) atoms. The summed E-state index contributed by atoms with van der Waals surface area (Å²) in [7, 11) is 0. The van der Waals surface area contributed by atoms with Crippen LogP contribution in [0.2, 0.25) is 0 Å². The standard InChI is InChI=1S/C21H24N2O4/c24-19-21(23-20(25)22-19,11-13-26-15-17-7-3-1-4-8-17)12-14-27-16-18-9-5-2-6-10-18/h1-10H,11-16H2,(H2,22,23,24,25). The van der Waals surface area contributed by atoms with Crippen molar-refractivity contribution >= 4 is 11.9 Å². The second-order valence-corrected chi connectivity index (χ2v) is 6.57. The third-order valence-electron chi connectivity index (χ3n) is 4.58. The smallest absolute Gasteiger partial charge is 0.322 e. The first-order valence-corrected chi connectivity index (χ1v) is 9.05. The van der Waals surface area contributed by atoms with E-state index in [0.717, 1.165) is 11.1 Å². The van der Waals surface area contributed by atoms with Gasteiger partial charge in [0.1, 0.15) is 5.54 Å². The molecule has 1 aliphatic rings. The molecule has 0 saturated carbocycles. The van der Waals surface area contributed by atoms with E-state index in [1.165, 1.54) is 0 Å². The SMILES string of the molecule is O=C1NC(=O)C(CCOCc2ccccc2)(CCOCc2ccccc2)N1. The zero-order valence-electron chi connectivity index (χ0n) is 15.1. The Labute approximate surface area is 158 Å². The van der Waals surface area contributed by atoms with Crippen LogP contribution in [0.4, 0.5) is 4.79 Å². The molecular formula is C21H24N2O4. The maximum atomic E-state index is 12.3. The van der Waals surface area contributed by atoms with Gasteiger partial charge < -0.3 is 14.8 Å². The highest BCUT2D eigenvalue weighted by Gasteiger charge is 2.45. The molecule has 2 aromatic carbocycles. The molecule has 6 nitrogen and oxygen atoms in total. The summed E-state index contributed by atoms with van der Waals surface area (Å²) < 4.78 is 11.4.